The molecule has 5 nitrogen and oxygen atoms in total. The molecule has 1 aromatic rings. The highest BCUT2D eigenvalue weighted by Crippen LogP contribution is 2.09. The molecule has 98 valence electrons. The van der Waals surface area contributed by atoms with Crippen molar-refractivity contribution in [2.45, 2.75) is 26.4 Å². The van der Waals surface area contributed by atoms with E-state index in [1.54, 1.807) is 13.0 Å². The van der Waals surface area contributed by atoms with Crippen molar-refractivity contribution >= 4 is 12.0 Å². The maximum absolute atomic E-state index is 13.0. The summed E-state index contributed by atoms with van der Waals surface area (Å²) in [5.74, 6) is -1.50. The van der Waals surface area contributed by atoms with Crippen LogP contribution in [0, 0.1) is 12.7 Å². The number of rotatable bonds is 4. The second-order valence-electron chi connectivity index (χ2n) is 3.96. The van der Waals surface area contributed by atoms with E-state index < -0.39 is 18.0 Å². The highest BCUT2D eigenvalue weighted by molar-refractivity contribution is 5.82. The molecular weight excluding hydrogens is 239 g/mol. The summed E-state index contributed by atoms with van der Waals surface area (Å²) in [6.07, 6.45) is 0. The number of nitrogens with one attached hydrogen (secondary N) is 2. The number of halogens is 1. The van der Waals surface area contributed by atoms with Crippen molar-refractivity contribution in [3.8, 4) is 0 Å². The van der Waals surface area contributed by atoms with Gasteiger partial charge in [0.2, 0.25) is 0 Å². The van der Waals surface area contributed by atoms with Crippen LogP contribution in [0.25, 0.3) is 0 Å². The molecule has 0 bridgehead atoms. The number of hydrogen-bond donors (Lipinski definition) is 3. The van der Waals surface area contributed by atoms with E-state index in [-0.39, 0.29) is 12.4 Å². The number of carbonyl (C=O) groups excluding carboxylic acids is 1. The summed E-state index contributed by atoms with van der Waals surface area (Å²) in [5.41, 5.74) is 1.50. The topological polar surface area (TPSA) is 78.4 Å². The molecule has 0 radical (unpaired) electrons. The lowest BCUT2D eigenvalue weighted by atomic mass is 10.1. The molecule has 1 atom stereocenters. The van der Waals surface area contributed by atoms with Crippen molar-refractivity contribution in [1.29, 1.82) is 0 Å². The minimum Gasteiger partial charge on any atom is -0.480 e. The van der Waals surface area contributed by atoms with E-state index in [4.69, 9.17) is 5.11 Å². The molecule has 6 heteroatoms. The number of carboxylic acid groups (broad SMARTS) is 1. The molecular formula is C12H15FN2O3. The van der Waals surface area contributed by atoms with E-state index in [0.717, 1.165) is 5.56 Å². The zero-order chi connectivity index (χ0) is 13.7. The summed E-state index contributed by atoms with van der Waals surface area (Å²) in [7, 11) is 0. The lowest BCUT2D eigenvalue weighted by Crippen LogP contribution is -2.44. The van der Waals surface area contributed by atoms with Crippen LogP contribution >= 0.6 is 0 Å². The Kier molecular flexibility index (Phi) is 4.65. The van der Waals surface area contributed by atoms with E-state index >= 15 is 0 Å². The molecule has 1 rings (SSSR count). The molecule has 0 spiro atoms. The number of aliphatic carboxylic acids is 1. The standard InChI is InChI=1S/C12H15FN2O3/c1-7-3-4-10(13)5-9(7)6-14-12(18)15-8(2)11(16)17/h3-5,8H,6H2,1-2H3,(H,16,17)(H2,14,15,18). The predicted molar refractivity (Wildman–Crippen MR) is 63.6 cm³/mol. The average molecular weight is 254 g/mol. The highest BCUT2D eigenvalue weighted by Gasteiger charge is 2.13. The van der Waals surface area contributed by atoms with Gasteiger partial charge in [0.15, 0.2) is 0 Å². The Morgan fingerprint density at radius 3 is 2.72 bits per heavy atom. The van der Waals surface area contributed by atoms with Crippen molar-refractivity contribution in [2.24, 2.45) is 0 Å². The molecule has 0 aliphatic heterocycles. The minimum absolute atomic E-state index is 0.141. The second kappa shape index (κ2) is 6.00. The number of amides is 2. The van der Waals surface area contributed by atoms with E-state index in [9.17, 15) is 14.0 Å². The smallest absolute Gasteiger partial charge is 0.325 e. The maximum Gasteiger partial charge on any atom is 0.325 e. The number of carbonyl (C=O) groups is 2. The Balaban J connectivity index is 2.52. The zero-order valence-corrected chi connectivity index (χ0v) is 10.2. The third-order valence-electron chi connectivity index (χ3n) is 2.47. The Bertz CT molecular complexity index is 463. The van der Waals surface area contributed by atoms with Gasteiger partial charge in [-0.3, -0.25) is 4.79 Å². The Morgan fingerprint density at radius 1 is 1.44 bits per heavy atom. The van der Waals surface area contributed by atoms with Crippen LogP contribution in [0.2, 0.25) is 0 Å². The van der Waals surface area contributed by atoms with Crippen LogP contribution in [0.15, 0.2) is 18.2 Å². The van der Waals surface area contributed by atoms with Gasteiger partial charge in [-0.05, 0) is 37.1 Å². The quantitative estimate of drug-likeness (QED) is 0.760. The molecule has 3 N–H and O–H groups in total. The van der Waals surface area contributed by atoms with Gasteiger partial charge in [0.1, 0.15) is 11.9 Å². The lowest BCUT2D eigenvalue weighted by molar-refractivity contribution is -0.138. The molecule has 0 aromatic heterocycles. The van der Waals surface area contributed by atoms with Crippen LogP contribution in [0.3, 0.4) is 0 Å². The summed E-state index contributed by atoms with van der Waals surface area (Å²) in [5, 5.41) is 13.3. The summed E-state index contributed by atoms with van der Waals surface area (Å²) < 4.78 is 13.0. The monoisotopic (exact) mass is 254 g/mol. The lowest BCUT2D eigenvalue weighted by Gasteiger charge is -2.11. The van der Waals surface area contributed by atoms with Crippen LogP contribution in [-0.2, 0) is 11.3 Å². The number of benzene rings is 1. The van der Waals surface area contributed by atoms with Gasteiger partial charge in [-0.1, -0.05) is 6.07 Å². The molecule has 0 aliphatic carbocycles. The molecule has 1 unspecified atom stereocenters. The first-order valence-electron chi connectivity index (χ1n) is 5.42. The van der Waals surface area contributed by atoms with Gasteiger partial charge in [0, 0.05) is 6.54 Å². The third-order valence-corrected chi connectivity index (χ3v) is 2.47. The molecule has 1 aromatic carbocycles. The molecule has 0 saturated heterocycles. The summed E-state index contributed by atoms with van der Waals surface area (Å²) in [6, 6.07) is 2.71. The van der Waals surface area contributed by atoms with E-state index in [2.05, 4.69) is 10.6 Å². The Morgan fingerprint density at radius 2 is 2.11 bits per heavy atom. The summed E-state index contributed by atoms with van der Waals surface area (Å²) in [4.78, 5) is 21.9. The van der Waals surface area contributed by atoms with Crippen LogP contribution in [0.5, 0.6) is 0 Å². The SMILES string of the molecule is Cc1ccc(F)cc1CNC(=O)NC(C)C(=O)O. The predicted octanol–water partition coefficient (Wildman–Crippen LogP) is 1.41. The average Bonchev–Trinajstić information content (AvgIpc) is 2.30. The summed E-state index contributed by atoms with van der Waals surface area (Å²) >= 11 is 0. The second-order valence-corrected chi connectivity index (χ2v) is 3.96. The van der Waals surface area contributed by atoms with E-state index in [1.807, 2.05) is 0 Å². The van der Waals surface area contributed by atoms with Gasteiger partial charge in [0.05, 0.1) is 0 Å². The molecule has 2 amide bonds. The minimum atomic E-state index is -1.12. The number of urea groups is 1. The highest BCUT2D eigenvalue weighted by atomic mass is 19.1. The largest absolute Gasteiger partial charge is 0.480 e. The van der Waals surface area contributed by atoms with Crippen molar-refractivity contribution < 1.29 is 19.1 Å². The van der Waals surface area contributed by atoms with Gasteiger partial charge >= 0.3 is 12.0 Å². The first-order chi connectivity index (χ1) is 8.40. The first-order valence-corrected chi connectivity index (χ1v) is 5.42. The first kappa shape index (κ1) is 14.0. The van der Waals surface area contributed by atoms with E-state index in [0.29, 0.717) is 5.56 Å². The van der Waals surface area contributed by atoms with Crippen LogP contribution < -0.4 is 10.6 Å². The third kappa shape index (κ3) is 4.04. The van der Waals surface area contributed by atoms with Crippen molar-refractivity contribution in [3.05, 3.63) is 35.1 Å². The number of hydrogen-bond acceptors (Lipinski definition) is 2. The normalized spacial score (nSPS) is 11.7. The fourth-order valence-electron chi connectivity index (χ4n) is 1.32. The van der Waals surface area contributed by atoms with Gasteiger partial charge in [-0.2, -0.15) is 0 Å². The number of carboxylic acids is 1. The zero-order valence-electron chi connectivity index (χ0n) is 10.2. The molecule has 0 fully saturated rings. The Labute approximate surface area is 104 Å². The molecule has 0 aliphatic rings. The fraction of sp³-hybridized carbons (Fsp3) is 0.333. The van der Waals surface area contributed by atoms with Crippen LogP contribution in [0.1, 0.15) is 18.1 Å². The van der Waals surface area contributed by atoms with Crippen molar-refractivity contribution in [3.63, 3.8) is 0 Å². The molecule has 18 heavy (non-hydrogen) atoms. The van der Waals surface area contributed by atoms with Crippen molar-refractivity contribution in [2.75, 3.05) is 0 Å². The molecule has 0 heterocycles. The van der Waals surface area contributed by atoms with Crippen LogP contribution in [-0.4, -0.2) is 23.1 Å². The van der Waals surface area contributed by atoms with Crippen LogP contribution in [0.4, 0.5) is 9.18 Å². The molecule has 0 saturated carbocycles. The van der Waals surface area contributed by atoms with Crippen molar-refractivity contribution in [1.82, 2.24) is 10.6 Å². The fourth-order valence-corrected chi connectivity index (χ4v) is 1.32. The Hall–Kier alpha value is -2.11. The van der Waals surface area contributed by atoms with Gasteiger partial charge < -0.3 is 15.7 Å². The van der Waals surface area contributed by atoms with Gasteiger partial charge in [0.25, 0.3) is 0 Å². The van der Waals surface area contributed by atoms with Gasteiger partial charge in [-0.25, -0.2) is 9.18 Å². The maximum atomic E-state index is 13.0. The van der Waals surface area contributed by atoms with E-state index in [1.165, 1.54) is 19.1 Å². The summed E-state index contributed by atoms with van der Waals surface area (Å²) in [6.45, 7) is 3.30. The number of aryl methyl sites for hydroxylation is 1. The van der Waals surface area contributed by atoms with Gasteiger partial charge in [-0.15, -0.1) is 0 Å².